The molecule has 1 amide bonds. The van der Waals surface area contributed by atoms with Crippen LogP contribution in [0.15, 0.2) is 34.8 Å². The largest absolute Gasteiger partial charge is 0.389 e. The van der Waals surface area contributed by atoms with Gasteiger partial charge in [-0.3, -0.25) is 4.79 Å². The smallest absolute Gasteiger partial charge is 0.257 e. The molecule has 4 rings (SSSR count). The highest BCUT2D eigenvalue weighted by molar-refractivity contribution is 9.10. The van der Waals surface area contributed by atoms with Gasteiger partial charge in [0.25, 0.3) is 5.91 Å². The van der Waals surface area contributed by atoms with Crippen molar-refractivity contribution in [1.29, 1.82) is 0 Å². The van der Waals surface area contributed by atoms with Gasteiger partial charge >= 0.3 is 0 Å². The van der Waals surface area contributed by atoms with Gasteiger partial charge in [0.05, 0.1) is 36.7 Å². The van der Waals surface area contributed by atoms with Gasteiger partial charge in [-0.1, -0.05) is 40.2 Å². The summed E-state index contributed by atoms with van der Waals surface area (Å²) < 4.78 is 6.21. The Morgan fingerprint density at radius 1 is 1.29 bits per heavy atom. The van der Waals surface area contributed by atoms with Gasteiger partial charge in [0.1, 0.15) is 0 Å². The molecule has 0 unspecified atom stereocenters. The van der Waals surface area contributed by atoms with E-state index in [2.05, 4.69) is 20.8 Å². The molecule has 1 fully saturated rings. The van der Waals surface area contributed by atoms with Crippen LogP contribution in [0.2, 0.25) is 0 Å². The molecule has 0 bridgehead atoms. The van der Waals surface area contributed by atoms with Crippen molar-refractivity contribution in [1.82, 2.24) is 4.90 Å². The van der Waals surface area contributed by atoms with Crippen molar-refractivity contribution in [3.63, 3.8) is 0 Å². The number of hydrogen-bond acceptors (Lipinski definition) is 4. The molecule has 2 heterocycles. The van der Waals surface area contributed by atoms with Gasteiger partial charge in [0, 0.05) is 23.5 Å². The summed E-state index contributed by atoms with van der Waals surface area (Å²) in [4.78, 5) is 17.0. The second-order valence-corrected chi connectivity index (χ2v) is 7.27. The van der Waals surface area contributed by atoms with Crippen LogP contribution in [-0.4, -0.2) is 55.0 Å². The molecule has 0 aromatic heterocycles. The minimum atomic E-state index is -0.637. The Morgan fingerprint density at radius 2 is 2.04 bits per heavy atom. The summed E-state index contributed by atoms with van der Waals surface area (Å²) >= 11 is 3.59. The van der Waals surface area contributed by atoms with E-state index in [1.807, 2.05) is 37.4 Å². The lowest BCUT2D eigenvalue weighted by atomic mass is 9.97. The van der Waals surface area contributed by atoms with Crippen molar-refractivity contribution in [2.45, 2.75) is 18.6 Å². The summed E-state index contributed by atoms with van der Waals surface area (Å²) in [6.07, 6.45) is 0.0201. The number of carbonyl (C=O) groups is 1. The number of ether oxygens (including phenoxy) is 1. The van der Waals surface area contributed by atoms with Gasteiger partial charge < -0.3 is 19.6 Å². The minimum Gasteiger partial charge on any atom is -0.389 e. The van der Waals surface area contributed by atoms with Crippen molar-refractivity contribution >= 4 is 38.3 Å². The Bertz CT molecular complexity index is 810. The van der Waals surface area contributed by atoms with Gasteiger partial charge in [-0.15, -0.1) is 0 Å². The fourth-order valence-corrected chi connectivity index (χ4v) is 4.31. The van der Waals surface area contributed by atoms with Crippen molar-refractivity contribution in [2.24, 2.45) is 0 Å². The van der Waals surface area contributed by atoms with Crippen LogP contribution in [0.3, 0.4) is 0 Å². The molecule has 2 atom stereocenters. The fraction of sp³-hybridized carbons (Fsp3) is 0.389. The maximum Gasteiger partial charge on any atom is 0.257 e. The van der Waals surface area contributed by atoms with E-state index in [-0.39, 0.29) is 18.6 Å². The first-order valence-corrected chi connectivity index (χ1v) is 8.86. The van der Waals surface area contributed by atoms with E-state index in [4.69, 9.17) is 4.74 Å². The zero-order chi connectivity index (χ0) is 16.8. The van der Waals surface area contributed by atoms with Crippen LogP contribution in [-0.2, 0) is 4.74 Å². The van der Waals surface area contributed by atoms with Crippen LogP contribution < -0.4 is 4.90 Å². The summed E-state index contributed by atoms with van der Waals surface area (Å²) in [6, 6.07) is 9.77. The Kier molecular flexibility index (Phi) is 3.98. The van der Waals surface area contributed by atoms with Gasteiger partial charge in [0.15, 0.2) is 0 Å². The zero-order valence-electron chi connectivity index (χ0n) is 13.4. The average molecular weight is 391 g/mol. The molecule has 0 radical (unpaired) electrons. The standard InChI is InChI=1S/C18H19BrN2O3/c1-20-10-21(15-6-7-24-9-16(15)22)18(23)13-8-14(19)11-4-2-3-5-12(11)17(13)20/h2-5,8,15-16,22H,6-7,9-10H2,1H3/t15-,16-/m0/s1. The Morgan fingerprint density at radius 3 is 2.79 bits per heavy atom. The number of halogens is 1. The molecule has 2 aromatic rings. The number of aliphatic hydroxyl groups excluding tert-OH is 1. The summed E-state index contributed by atoms with van der Waals surface area (Å²) in [6.45, 7) is 1.33. The molecule has 6 heteroatoms. The first kappa shape index (κ1) is 15.9. The zero-order valence-corrected chi connectivity index (χ0v) is 15.0. The first-order valence-electron chi connectivity index (χ1n) is 8.07. The molecule has 126 valence electrons. The number of amides is 1. The molecule has 2 aliphatic heterocycles. The molecule has 1 N–H and O–H groups in total. The number of aliphatic hydroxyl groups is 1. The Hall–Kier alpha value is -1.63. The second kappa shape index (κ2) is 6.02. The van der Waals surface area contributed by atoms with E-state index < -0.39 is 6.10 Å². The third kappa shape index (κ3) is 2.41. The number of anilines is 1. The van der Waals surface area contributed by atoms with Crippen LogP contribution in [0.25, 0.3) is 10.8 Å². The Labute approximate surface area is 148 Å². The minimum absolute atomic E-state index is 0.0273. The maximum absolute atomic E-state index is 13.1. The van der Waals surface area contributed by atoms with Gasteiger partial charge in [-0.25, -0.2) is 0 Å². The van der Waals surface area contributed by atoms with Gasteiger partial charge in [0.2, 0.25) is 0 Å². The normalized spacial score (nSPS) is 24.4. The monoisotopic (exact) mass is 390 g/mol. The topological polar surface area (TPSA) is 53.0 Å². The third-order valence-corrected chi connectivity index (χ3v) is 5.55. The third-order valence-electron chi connectivity index (χ3n) is 4.89. The maximum atomic E-state index is 13.1. The molecule has 2 aliphatic rings. The predicted octanol–water partition coefficient (Wildman–Crippen LogP) is 2.60. The summed E-state index contributed by atoms with van der Waals surface area (Å²) in [7, 11) is 1.99. The fourth-order valence-electron chi connectivity index (χ4n) is 3.74. The van der Waals surface area contributed by atoms with Crippen molar-refractivity contribution < 1.29 is 14.6 Å². The summed E-state index contributed by atoms with van der Waals surface area (Å²) in [5.41, 5.74) is 1.63. The van der Waals surface area contributed by atoms with E-state index in [1.54, 1.807) is 4.90 Å². The van der Waals surface area contributed by atoms with Crippen LogP contribution >= 0.6 is 15.9 Å². The Balaban J connectivity index is 1.82. The van der Waals surface area contributed by atoms with Crippen molar-refractivity contribution in [3.8, 4) is 0 Å². The molecular weight excluding hydrogens is 372 g/mol. The van der Waals surface area contributed by atoms with Crippen LogP contribution in [0.1, 0.15) is 16.8 Å². The number of fused-ring (bicyclic) bond motifs is 3. The van der Waals surface area contributed by atoms with Crippen LogP contribution in [0.4, 0.5) is 5.69 Å². The number of benzene rings is 2. The predicted molar refractivity (Wildman–Crippen MR) is 96.3 cm³/mol. The summed E-state index contributed by atoms with van der Waals surface area (Å²) in [5, 5.41) is 12.4. The van der Waals surface area contributed by atoms with Gasteiger partial charge in [-0.05, 0) is 17.9 Å². The van der Waals surface area contributed by atoms with E-state index >= 15 is 0 Å². The van der Waals surface area contributed by atoms with E-state index in [9.17, 15) is 9.90 Å². The quantitative estimate of drug-likeness (QED) is 0.812. The van der Waals surface area contributed by atoms with E-state index in [0.29, 0.717) is 25.3 Å². The van der Waals surface area contributed by atoms with Gasteiger partial charge in [-0.2, -0.15) is 0 Å². The van der Waals surface area contributed by atoms with Crippen LogP contribution in [0.5, 0.6) is 0 Å². The molecule has 5 nitrogen and oxygen atoms in total. The SMILES string of the molecule is CN1CN([C@H]2CCOC[C@@H]2O)C(=O)c2cc(Br)c3ccccc3c21. The first-order chi connectivity index (χ1) is 11.6. The van der Waals surface area contributed by atoms with E-state index in [1.165, 1.54) is 0 Å². The average Bonchev–Trinajstić information content (AvgIpc) is 2.59. The highest BCUT2D eigenvalue weighted by atomic mass is 79.9. The van der Waals surface area contributed by atoms with Crippen molar-refractivity contribution in [3.05, 3.63) is 40.4 Å². The number of rotatable bonds is 1. The lowest BCUT2D eigenvalue weighted by Gasteiger charge is -2.43. The highest BCUT2D eigenvalue weighted by Crippen LogP contribution is 2.39. The van der Waals surface area contributed by atoms with Crippen LogP contribution in [0, 0.1) is 0 Å². The number of nitrogens with zero attached hydrogens (tertiary/aromatic N) is 2. The van der Waals surface area contributed by atoms with E-state index in [0.717, 1.165) is 20.9 Å². The molecule has 1 saturated heterocycles. The number of hydrogen-bond donors (Lipinski definition) is 1. The molecule has 0 aliphatic carbocycles. The second-order valence-electron chi connectivity index (χ2n) is 6.41. The highest BCUT2D eigenvalue weighted by Gasteiger charge is 2.38. The number of carbonyl (C=O) groups excluding carboxylic acids is 1. The molecule has 24 heavy (non-hydrogen) atoms. The molecule has 0 saturated carbocycles. The molecule has 0 spiro atoms. The summed E-state index contributed by atoms with van der Waals surface area (Å²) in [5.74, 6) is -0.0273. The lowest BCUT2D eigenvalue weighted by Crippen LogP contribution is -2.56. The lowest BCUT2D eigenvalue weighted by molar-refractivity contribution is -0.0575. The molecular formula is C18H19BrN2O3. The van der Waals surface area contributed by atoms with Crippen molar-refractivity contribution in [2.75, 3.05) is 31.8 Å². The molecule has 2 aromatic carbocycles.